The van der Waals surface area contributed by atoms with Crippen molar-refractivity contribution in [1.29, 1.82) is 0 Å². The van der Waals surface area contributed by atoms with Gasteiger partial charge in [0.15, 0.2) is 0 Å². The molecule has 0 bridgehead atoms. The summed E-state index contributed by atoms with van der Waals surface area (Å²) in [7, 11) is 0. The van der Waals surface area contributed by atoms with E-state index in [1.165, 1.54) is 31.9 Å². The molecule has 0 radical (unpaired) electrons. The maximum Gasteiger partial charge on any atom is 0.275 e. The second kappa shape index (κ2) is 7.66. The fourth-order valence-corrected chi connectivity index (χ4v) is 4.07. The predicted molar refractivity (Wildman–Crippen MR) is 112 cm³/mol. The van der Waals surface area contributed by atoms with Crippen LogP contribution < -0.4 is 10.2 Å². The summed E-state index contributed by atoms with van der Waals surface area (Å²) in [6.45, 7) is 3.30. The van der Waals surface area contributed by atoms with Crippen molar-refractivity contribution < 1.29 is 9.18 Å². The van der Waals surface area contributed by atoms with Crippen molar-refractivity contribution in [3.8, 4) is 0 Å². The molecule has 1 amide bonds. The molecule has 4 heterocycles. The van der Waals surface area contributed by atoms with Gasteiger partial charge in [-0.25, -0.2) is 19.3 Å². The van der Waals surface area contributed by atoms with Crippen LogP contribution in [0.2, 0.25) is 0 Å². The standard InChI is InChI=1S/C22H25FN6O/c1-14-6-17(12-29-13-18(7-23)26-21(14)29)27-22(30)19-8-25-20(9-24-19)28-10-16(11-28)5-4-15-2-3-15/h6,8-9,12-13,15-16H,2-5,7,10-11H2,1H3,(H,27,30). The lowest BCUT2D eigenvalue weighted by atomic mass is 9.93. The van der Waals surface area contributed by atoms with Gasteiger partial charge in [0.1, 0.15) is 23.8 Å². The third kappa shape index (κ3) is 3.86. The van der Waals surface area contributed by atoms with Gasteiger partial charge in [0.25, 0.3) is 5.91 Å². The number of hydrogen-bond acceptors (Lipinski definition) is 5. The number of alkyl halides is 1. The Bertz CT molecular complexity index is 1070. The number of aryl methyl sites for hydroxylation is 1. The zero-order chi connectivity index (χ0) is 20.7. The molecule has 8 heteroatoms. The average Bonchev–Trinajstić information content (AvgIpc) is 3.44. The van der Waals surface area contributed by atoms with Crippen LogP contribution >= 0.6 is 0 Å². The second-order valence-electron chi connectivity index (χ2n) is 8.51. The zero-order valence-corrected chi connectivity index (χ0v) is 17.0. The third-order valence-corrected chi connectivity index (χ3v) is 6.01. The smallest absolute Gasteiger partial charge is 0.275 e. The summed E-state index contributed by atoms with van der Waals surface area (Å²) in [4.78, 5) is 27.8. The molecule has 1 saturated heterocycles. The molecule has 0 unspecified atom stereocenters. The van der Waals surface area contributed by atoms with Gasteiger partial charge in [-0.2, -0.15) is 0 Å². The van der Waals surface area contributed by atoms with Crippen LogP contribution in [0, 0.1) is 18.8 Å². The van der Waals surface area contributed by atoms with E-state index in [4.69, 9.17) is 0 Å². The highest BCUT2D eigenvalue weighted by Crippen LogP contribution is 2.36. The molecule has 2 aliphatic rings. The molecule has 2 fully saturated rings. The highest BCUT2D eigenvalue weighted by atomic mass is 19.1. The third-order valence-electron chi connectivity index (χ3n) is 6.01. The Hall–Kier alpha value is -3.03. The Morgan fingerprint density at radius 3 is 2.67 bits per heavy atom. The molecule has 0 aromatic carbocycles. The number of pyridine rings is 1. The Labute approximate surface area is 174 Å². The van der Waals surface area contributed by atoms with Gasteiger partial charge in [-0.1, -0.05) is 19.3 Å². The monoisotopic (exact) mass is 408 g/mol. The zero-order valence-electron chi connectivity index (χ0n) is 17.0. The van der Waals surface area contributed by atoms with Crippen LogP contribution in [0.15, 0.2) is 30.9 Å². The summed E-state index contributed by atoms with van der Waals surface area (Å²) in [6, 6.07) is 1.81. The van der Waals surface area contributed by atoms with Crippen LogP contribution in [0.1, 0.15) is 47.4 Å². The van der Waals surface area contributed by atoms with E-state index in [1.54, 1.807) is 23.0 Å². The number of nitrogens with one attached hydrogen (secondary N) is 1. The maximum atomic E-state index is 12.9. The Morgan fingerprint density at radius 2 is 1.97 bits per heavy atom. The van der Waals surface area contributed by atoms with Gasteiger partial charge in [-0.3, -0.25) is 4.79 Å². The van der Waals surface area contributed by atoms with Crippen LogP contribution in [0.5, 0.6) is 0 Å². The van der Waals surface area contributed by atoms with Crippen LogP contribution in [0.3, 0.4) is 0 Å². The Balaban J connectivity index is 1.21. The van der Waals surface area contributed by atoms with E-state index >= 15 is 0 Å². The van der Waals surface area contributed by atoms with Crippen molar-refractivity contribution in [2.75, 3.05) is 23.3 Å². The maximum absolute atomic E-state index is 12.9. The molecule has 1 aliphatic carbocycles. The Morgan fingerprint density at radius 1 is 1.17 bits per heavy atom. The number of carbonyl (C=O) groups excluding carboxylic acids is 1. The van der Waals surface area contributed by atoms with Crippen molar-refractivity contribution in [1.82, 2.24) is 19.4 Å². The fraction of sp³-hybridized carbons (Fsp3) is 0.455. The van der Waals surface area contributed by atoms with Gasteiger partial charge >= 0.3 is 0 Å². The van der Waals surface area contributed by atoms with Crippen molar-refractivity contribution in [3.63, 3.8) is 0 Å². The fourth-order valence-electron chi connectivity index (χ4n) is 4.07. The normalized spacial score (nSPS) is 16.7. The first-order chi connectivity index (χ1) is 14.6. The van der Waals surface area contributed by atoms with E-state index in [2.05, 4.69) is 25.2 Å². The lowest BCUT2D eigenvalue weighted by molar-refractivity contribution is 0.102. The predicted octanol–water partition coefficient (Wildman–Crippen LogP) is 3.78. The number of imidazole rings is 1. The minimum Gasteiger partial charge on any atom is -0.355 e. The Kier molecular flexibility index (Phi) is 4.84. The highest BCUT2D eigenvalue weighted by molar-refractivity contribution is 6.02. The summed E-state index contributed by atoms with van der Waals surface area (Å²) in [6.07, 6.45) is 12.0. The average molecular weight is 408 g/mol. The molecule has 1 aliphatic heterocycles. The minimum absolute atomic E-state index is 0.261. The molecule has 5 rings (SSSR count). The number of aromatic nitrogens is 4. The number of fused-ring (bicyclic) bond motifs is 1. The van der Waals surface area contributed by atoms with Gasteiger partial charge in [0, 0.05) is 25.5 Å². The van der Waals surface area contributed by atoms with Gasteiger partial charge in [0.05, 0.1) is 23.8 Å². The number of hydrogen-bond donors (Lipinski definition) is 1. The number of rotatable bonds is 7. The lowest BCUT2D eigenvalue weighted by Gasteiger charge is -2.40. The number of carbonyl (C=O) groups is 1. The van der Waals surface area contributed by atoms with E-state index in [-0.39, 0.29) is 11.6 Å². The molecular weight excluding hydrogens is 383 g/mol. The first-order valence-electron chi connectivity index (χ1n) is 10.5. The van der Waals surface area contributed by atoms with Crippen molar-refractivity contribution in [3.05, 3.63) is 47.8 Å². The van der Waals surface area contributed by atoms with Crippen molar-refractivity contribution in [2.45, 2.75) is 39.3 Å². The number of amides is 1. The van der Waals surface area contributed by atoms with E-state index in [0.29, 0.717) is 17.0 Å². The van der Waals surface area contributed by atoms with Crippen molar-refractivity contribution >= 4 is 23.1 Å². The summed E-state index contributed by atoms with van der Waals surface area (Å²) >= 11 is 0. The van der Waals surface area contributed by atoms with Gasteiger partial charge < -0.3 is 14.6 Å². The lowest BCUT2D eigenvalue weighted by Crippen LogP contribution is -2.47. The summed E-state index contributed by atoms with van der Waals surface area (Å²) < 4.78 is 14.6. The van der Waals surface area contributed by atoms with Crippen LogP contribution in [0.4, 0.5) is 15.9 Å². The highest BCUT2D eigenvalue weighted by Gasteiger charge is 2.30. The molecule has 156 valence electrons. The summed E-state index contributed by atoms with van der Waals surface area (Å²) in [5, 5.41) is 2.84. The molecule has 0 atom stereocenters. The van der Waals surface area contributed by atoms with E-state index in [0.717, 1.165) is 36.3 Å². The largest absolute Gasteiger partial charge is 0.355 e. The first kappa shape index (κ1) is 19.0. The van der Waals surface area contributed by atoms with Gasteiger partial charge in [-0.15, -0.1) is 0 Å². The van der Waals surface area contributed by atoms with Crippen molar-refractivity contribution in [2.24, 2.45) is 11.8 Å². The number of nitrogens with zero attached hydrogens (tertiary/aromatic N) is 5. The molecule has 30 heavy (non-hydrogen) atoms. The van der Waals surface area contributed by atoms with E-state index < -0.39 is 6.67 Å². The molecule has 0 spiro atoms. The van der Waals surface area contributed by atoms with Crippen LogP contribution in [-0.2, 0) is 6.67 Å². The first-order valence-corrected chi connectivity index (χ1v) is 10.5. The molecule has 7 nitrogen and oxygen atoms in total. The van der Waals surface area contributed by atoms with E-state index in [1.807, 2.05) is 13.0 Å². The summed E-state index contributed by atoms with van der Waals surface area (Å²) in [5.74, 6) is 2.24. The van der Waals surface area contributed by atoms with E-state index in [9.17, 15) is 9.18 Å². The molecular formula is C22H25FN6O. The second-order valence-corrected chi connectivity index (χ2v) is 8.51. The van der Waals surface area contributed by atoms with Crippen LogP contribution in [-0.4, -0.2) is 38.3 Å². The SMILES string of the molecule is Cc1cc(NC(=O)c2cnc(N3CC(CCC4CC4)C3)cn2)cn2cc(CF)nc12. The quantitative estimate of drug-likeness (QED) is 0.644. The number of anilines is 2. The van der Waals surface area contributed by atoms with Gasteiger partial charge in [0.2, 0.25) is 0 Å². The van der Waals surface area contributed by atoms with Crippen LogP contribution in [0.25, 0.3) is 5.65 Å². The van der Waals surface area contributed by atoms with Gasteiger partial charge in [-0.05, 0) is 36.8 Å². The molecule has 1 saturated carbocycles. The molecule has 3 aromatic heterocycles. The number of halogens is 1. The molecule has 3 aromatic rings. The summed E-state index contributed by atoms with van der Waals surface area (Å²) in [5.41, 5.74) is 2.75. The topological polar surface area (TPSA) is 75.4 Å². The molecule has 1 N–H and O–H groups in total. The minimum atomic E-state index is -0.622.